The third-order valence-corrected chi connectivity index (χ3v) is 5.40. The molecule has 0 atom stereocenters. The molecule has 0 saturated heterocycles. The average molecular weight is 461 g/mol. The van der Waals surface area contributed by atoms with Crippen molar-refractivity contribution in [3.63, 3.8) is 0 Å². The molecule has 0 aromatic heterocycles. The molecule has 0 heterocycles. The highest BCUT2D eigenvalue weighted by Crippen LogP contribution is 2.31. The number of benzene rings is 2. The third kappa shape index (κ3) is 8.16. The van der Waals surface area contributed by atoms with Gasteiger partial charge < -0.3 is 14.8 Å². The van der Waals surface area contributed by atoms with Crippen LogP contribution in [0, 0.1) is 0 Å². The van der Waals surface area contributed by atoms with Crippen LogP contribution in [0.5, 0.6) is 5.75 Å². The van der Waals surface area contributed by atoms with Crippen molar-refractivity contribution in [3.05, 3.63) is 65.1 Å². The standard InChI is InChI=1S/C23H28N2O6S/c1-23(2,3)18-10-11-20(30-4)19(14-18)25-21(26)16-31-22(27)15-24-32(28,29)13-12-17-8-6-5-7-9-17/h5-14,24H,15-16H2,1-4H3,(H,25,26)/b13-12+. The molecule has 0 saturated carbocycles. The van der Waals surface area contributed by atoms with Crippen LogP contribution in [0.15, 0.2) is 53.9 Å². The van der Waals surface area contributed by atoms with Crippen molar-refractivity contribution in [3.8, 4) is 5.75 Å². The van der Waals surface area contributed by atoms with E-state index in [9.17, 15) is 18.0 Å². The van der Waals surface area contributed by atoms with E-state index in [0.29, 0.717) is 17.0 Å². The molecule has 0 aliphatic rings. The van der Waals surface area contributed by atoms with Gasteiger partial charge in [-0.25, -0.2) is 13.1 Å². The van der Waals surface area contributed by atoms with Gasteiger partial charge in [0.2, 0.25) is 10.0 Å². The van der Waals surface area contributed by atoms with Gasteiger partial charge in [-0.05, 0) is 34.8 Å². The number of rotatable bonds is 9. The molecule has 172 valence electrons. The summed E-state index contributed by atoms with van der Waals surface area (Å²) < 4.78 is 36.2. The molecule has 2 rings (SSSR count). The van der Waals surface area contributed by atoms with Crippen molar-refractivity contribution in [1.29, 1.82) is 0 Å². The van der Waals surface area contributed by atoms with Gasteiger partial charge in [0.15, 0.2) is 6.61 Å². The van der Waals surface area contributed by atoms with Gasteiger partial charge in [-0.15, -0.1) is 0 Å². The highest BCUT2D eigenvalue weighted by atomic mass is 32.2. The van der Waals surface area contributed by atoms with Crippen molar-refractivity contribution in [2.45, 2.75) is 26.2 Å². The Balaban J connectivity index is 1.87. The van der Waals surface area contributed by atoms with E-state index in [2.05, 4.69) is 10.0 Å². The molecule has 9 heteroatoms. The summed E-state index contributed by atoms with van der Waals surface area (Å²) in [6.45, 7) is 4.95. The first-order valence-electron chi connectivity index (χ1n) is 9.87. The van der Waals surface area contributed by atoms with E-state index in [1.165, 1.54) is 13.2 Å². The normalized spacial score (nSPS) is 11.9. The van der Waals surface area contributed by atoms with Crippen molar-refractivity contribution in [1.82, 2.24) is 4.72 Å². The number of hydrogen-bond donors (Lipinski definition) is 2. The first-order chi connectivity index (χ1) is 15.0. The van der Waals surface area contributed by atoms with Crippen molar-refractivity contribution in [2.75, 3.05) is 25.6 Å². The summed E-state index contributed by atoms with van der Waals surface area (Å²) in [5, 5.41) is 3.60. The van der Waals surface area contributed by atoms with Gasteiger partial charge in [0.1, 0.15) is 12.3 Å². The van der Waals surface area contributed by atoms with Crippen LogP contribution in [0.2, 0.25) is 0 Å². The van der Waals surface area contributed by atoms with Gasteiger partial charge in [0.05, 0.1) is 12.8 Å². The molecular formula is C23H28N2O6S. The van der Waals surface area contributed by atoms with E-state index in [-0.39, 0.29) is 5.41 Å². The Hall–Kier alpha value is -3.17. The molecule has 0 aliphatic heterocycles. The molecule has 0 fully saturated rings. The minimum atomic E-state index is -3.84. The van der Waals surface area contributed by atoms with E-state index >= 15 is 0 Å². The van der Waals surface area contributed by atoms with Crippen LogP contribution in [0.1, 0.15) is 31.9 Å². The van der Waals surface area contributed by atoms with E-state index < -0.39 is 35.1 Å². The number of carbonyl (C=O) groups is 2. The Bertz CT molecular complexity index is 1070. The summed E-state index contributed by atoms with van der Waals surface area (Å²) in [4.78, 5) is 24.1. The summed E-state index contributed by atoms with van der Waals surface area (Å²) in [7, 11) is -2.35. The van der Waals surface area contributed by atoms with Crippen molar-refractivity contribution >= 4 is 33.7 Å². The highest BCUT2D eigenvalue weighted by Gasteiger charge is 2.18. The van der Waals surface area contributed by atoms with Crippen molar-refractivity contribution in [2.24, 2.45) is 0 Å². The summed E-state index contributed by atoms with van der Waals surface area (Å²) >= 11 is 0. The summed E-state index contributed by atoms with van der Waals surface area (Å²) in [5.41, 5.74) is 2.00. The predicted octanol–water partition coefficient (Wildman–Crippen LogP) is 3.06. The number of carbonyl (C=O) groups excluding carboxylic acids is 2. The molecule has 0 bridgehead atoms. The maximum atomic E-state index is 12.2. The molecule has 32 heavy (non-hydrogen) atoms. The Labute approximate surface area is 188 Å². The summed E-state index contributed by atoms with van der Waals surface area (Å²) in [5.74, 6) is -0.988. The van der Waals surface area contributed by atoms with Crippen LogP contribution in [0.25, 0.3) is 6.08 Å². The van der Waals surface area contributed by atoms with Crippen LogP contribution in [0.3, 0.4) is 0 Å². The summed E-state index contributed by atoms with van der Waals surface area (Å²) in [6, 6.07) is 14.3. The predicted molar refractivity (Wildman–Crippen MR) is 124 cm³/mol. The van der Waals surface area contributed by atoms with Gasteiger partial charge in [-0.3, -0.25) is 9.59 Å². The lowest BCUT2D eigenvalue weighted by molar-refractivity contribution is -0.146. The zero-order valence-corrected chi connectivity index (χ0v) is 19.4. The second-order valence-corrected chi connectivity index (χ2v) is 9.60. The number of anilines is 1. The number of hydrogen-bond acceptors (Lipinski definition) is 6. The zero-order valence-electron chi connectivity index (χ0n) is 18.5. The average Bonchev–Trinajstić information content (AvgIpc) is 2.75. The van der Waals surface area contributed by atoms with E-state index in [1.54, 1.807) is 36.4 Å². The molecule has 2 aromatic rings. The first-order valence-corrected chi connectivity index (χ1v) is 11.4. The van der Waals surface area contributed by atoms with E-state index in [4.69, 9.17) is 9.47 Å². The fraction of sp³-hybridized carbons (Fsp3) is 0.304. The number of esters is 1. The van der Waals surface area contributed by atoms with Crippen molar-refractivity contribution < 1.29 is 27.5 Å². The largest absolute Gasteiger partial charge is 0.495 e. The van der Waals surface area contributed by atoms with E-state index in [0.717, 1.165) is 11.0 Å². The number of amides is 1. The molecule has 0 radical (unpaired) electrons. The number of ether oxygens (including phenoxy) is 2. The second-order valence-electron chi connectivity index (χ2n) is 7.95. The fourth-order valence-electron chi connectivity index (χ4n) is 2.60. The van der Waals surface area contributed by atoms with Gasteiger partial charge in [-0.2, -0.15) is 0 Å². The maximum Gasteiger partial charge on any atom is 0.321 e. The Morgan fingerprint density at radius 3 is 2.38 bits per heavy atom. The molecule has 0 aliphatic carbocycles. The van der Waals surface area contributed by atoms with Gasteiger partial charge in [-0.1, -0.05) is 57.2 Å². The van der Waals surface area contributed by atoms with Gasteiger partial charge >= 0.3 is 5.97 Å². The van der Waals surface area contributed by atoms with E-state index in [1.807, 2.05) is 32.9 Å². The third-order valence-electron chi connectivity index (χ3n) is 4.36. The van der Waals surface area contributed by atoms with Crippen LogP contribution < -0.4 is 14.8 Å². The zero-order chi connectivity index (χ0) is 23.8. The second kappa shape index (κ2) is 10.9. The Morgan fingerprint density at radius 2 is 1.75 bits per heavy atom. The lowest BCUT2D eigenvalue weighted by Gasteiger charge is -2.21. The number of methoxy groups -OCH3 is 1. The quantitative estimate of drug-likeness (QED) is 0.557. The molecule has 1 amide bonds. The number of nitrogens with one attached hydrogen (secondary N) is 2. The maximum absolute atomic E-state index is 12.2. The molecule has 8 nitrogen and oxygen atoms in total. The highest BCUT2D eigenvalue weighted by molar-refractivity contribution is 7.92. The Morgan fingerprint density at radius 1 is 1.06 bits per heavy atom. The van der Waals surface area contributed by atoms with Gasteiger partial charge in [0, 0.05) is 5.41 Å². The molecule has 2 aromatic carbocycles. The number of sulfonamides is 1. The topological polar surface area (TPSA) is 111 Å². The van der Waals surface area contributed by atoms with Crippen LogP contribution >= 0.6 is 0 Å². The SMILES string of the molecule is COc1ccc(C(C)(C)C)cc1NC(=O)COC(=O)CNS(=O)(=O)/C=C/c1ccccc1. The fourth-order valence-corrected chi connectivity index (χ4v) is 3.35. The van der Waals surface area contributed by atoms with Crippen LogP contribution in [0.4, 0.5) is 5.69 Å². The van der Waals surface area contributed by atoms with Crippen LogP contribution in [-0.2, 0) is 29.8 Å². The van der Waals surface area contributed by atoms with Crippen LogP contribution in [-0.4, -0.2) is 40.6 Å². The summed E-state index contributed by atoms with van der Waals surface area (Å²) in [6.07, 6.45) is 1.40. The monoisotopic (exact) mass is 460 g/mol. The van der Waals surface area contributed by atoms with Gasteiger partial charge in [0.25, 0.3) is 5.91 Å². The smallest absolute Gasteiger partial charge is 0.321 e. The molecule has 0 unspecified atom stereocenters. The minimum Gasteiger partial charge on any atom is -0.495 e. The lowest BCUT2D eigenvalue weighted by atomic mass is 9.87. The molecular weight excluding hydrogens is 432 g/mol. The molecule has 0 spiro atoms. The Kier molecular flexibility index (Phi) is 8.56. The first kappa shape index (κ1) is 25.1. The molecule has 2 N–H and O–H groups in total. The minimum absolute atomic E-state index is 0.135. The lowest BCUT2D eigenvalue weighted by Crippen LogP contribution is -2.31.